The maximum Gasteiger partial charge on any atom is 0.223 e. The van der Waals surface area contributed by atoms with E-state index in [1.807, 2.05) is 23.2 Å². The number of hydrogen-bond acceptors (Lipinski definition) is 4. The number of nitrogens with zero attached hydrogens (tertiary/aromatic N) is 3. The summed E-state index contributed by atoms with van der Waals surface area (Å²) in [6.07, 6.45) is 7.99. The van der Waals surface area contributed by atoms with E-state index in [2.05, 4.69) is 23.4 Å². The van der Waals surface area contributed by atoms with Crippen LogP contribution in [0.15, 0.2) is 55.0 Å². The molecule has 3 aromatic rings. The largest absolute Gasteiger partial charge is 0.404 e. The minimum absolute atomic E-state index is 0.0682. The first-order valence-corrected chi connectivity index (χ1v) is 11.2. The van der Waals surface area contributed by atoms with Gasteiger partial charge in [-0.2, -0.15) is 0 Å². The summed E-state index contributed by atoms with van der Waals surface area (Å²) in [6.45, 7) is 5.64. The number of allylic oxidation sites excluding steroid dienone is 1. The third kappa shape index (κ3) is 4.67. The van der Waals surface area contributed by atoms with Gasteiger partial charge in [0.15, 0.2) is 0 Å². The third-order valence-electron chi connectivity index (χ3n) is 6.55. The average molecular weight is 448 g/mol. The number of nitrogens with one attached hydrogen (secondary N) is 1. The van der Waals surface area contributed by atoms with Crippen LogP contribution >= 0.6 is 0 Å². The Bertz CT molecular complexity index is 1210. The van der Waals surface area contributed by atoms with Gasteiger partial charge in [-0.1, -0.05) is 18.2 Å². The second kappa shape index (κ2) is 9.17. The van der Waals surface area contributed by atoms with Gasteiger partial charge >= 0.3 is 0 Å². The lowest BCUT2D eigenvalue weighted by atomic mass is 9.96. The van der Waals surface area contributed by atoms with Crippen molar-refractivity contribution in [1.29, 1.82) is 5.41 Å². The standard InChI is InChI=1S/C26H30FN5O/c1-26(2)12-18(17-32(26)24(33)8-7-19-5-3-4-6-23(19)27)16-31-10-9-20-11-21(15-30-25(20)31)22(13-28)14-29/h3-6,9-11,13-15,18,28H,7-8,12,16-17,29H2,1-2H3/b22-14+,28-13?. The molecule has 0 bridgehead atoms. The smallest absolute Gasteiger partial charge is 0.223 e. The molecule has 2 aromatic heterocycles. The van der Waals surface area contributed by atoms with E-state index in [0.717, 1.165) is 29.6 Å². The normalized spacial score (nSPS) is 18.1. The molecular formula is C26H30FN5O. The summed E-state index contributed by atoms with van der Waals surface area (Å²) in [7, 11) is 0. The minimum Gasteiger partial charge on any atom is -0.404 e. The molecule has 0 saturated carbocycles. The van der Waals surface area contributed by atoms with Crippen molar-refractivity contribution >= 4 is 28.7 Å². The molecule has 0 radical (unpaired) electrons. The number of carbonyl (C=O) groups excluding carboxylic acids is 1. The van der Waals surface area contributed by atoms with Crippen LogP contribution in [0.5, 0.6) is 0 Å². The molecule has 33 heavy (non-hydrogen) atoms. The highest BCUT2D eigenvalue weighted by Gasteiger charge is 2.40. The van der Waals surface area contributed by atoms with Crippen LogP contribution < -0.4 is 5.73 Å². The Morgan fingerprint density at radius 1 is 1.33 bits per heavy atom. The number of benzene rings is 1. The van der Waals surface area contributed by atoms with Crippen LogP contribution in [0.25, 0.3) is 16.6 Å². The van der Waals surface area contributed by atoms with E-state index in [1.54, 1.807) is 24.4 Å². The molecule has 4 rings (SSSR count). The molecule has 7 heteroatoms. The molecule has 1 saturated heterocycles. The van der Waals surface area contributed by atoms with E-state index >= 15 is 0 Å². The number of likely N-dealkylation sites (tertiary alicyclic amines) is 1. The number of carbonyl (C=O) groups is 1. The summed E-state index contributed by atoms with van der Waals surface area (Å²) < 4.78 is 16.1. The van der Waals surface area contributed by atoms with Gasteiger partial charge in [0.1, 0.15) is 11.5 Å². The van der Waals surface area contributed by atoms with E-state index in [9.17, 15) is 9.18 Å². The molecule has 1 unspecified atom stereocenters. The summed E-state index contributed by atoms with van der Waals surface area (Å²) in [5.41, 5.74) is 8.25. The first-order valence-electron chi connectivity index (χ1n) is 11.2. The lowest BCUT2D eigenvalue weighted by Gasteiger charge is -2.31. The average Bonchev–Trinajstić information content (AvgIpc) is 3.33. The Labute approximate surface area is 193 Å². The Morgan fingerprint density at radius 3 is 2.85 bits per heavy atom. The molecule has 1 amide bonds. The SMILES string of the molecule is CC1(C)CC(Cn2ccc3cc(/C(C=N)=C/N)cnc32)CN1C(=O)CCc1ccccc1F. The fourth-order valence-corrected chi connectivity index (χ4v) is 4.92. The maximum absolute atomic E-state index is 13.9. The highest BCUT2D eigenvalue weighted by Crippen LogP contribution is 2.35. The van der Waals surface area contributed by atoms with Crippen molar-refractivity contribution in [2.75, 3.05) is 6.54 Å². The number of hydrogen-bond donors (Lipinski definition) is 2. The third-order valence-corrected chi connectivity index (χ3v) is 6.55. The first-order chi connectivity index (χ1) is 15.8. The quantitative estimate of drug-likeness (QED) is 0.527. The van der Waals surface area contributed by atoms with Gasteiger partial charge in [-0.25, -0.2) is 9.37 Å². The van der Waals surface area contributed by atoms with E-state index in [1.165, 1.54) is 18.5 Å². The van der Waals surface area contributed by atoms with Crippen LogP contribution in [-0.4, -0.2) is 38.7 Å². The van der Waals surface area contributed by atoms with Crippen LogP contribution in [-0.2, 0) is 17.8 Å². The van der Waals surface area contributed by atoms with Gasteiger partial charge in [-0.05, 0) is 56.4 Å². The molecule has 0 aliphatic carbocycles. The number of aromatic nitrogens is 2. The van der Waals surface area contributed by atoms with E-state index < -0.39 is 0 Å². The van der Waals surface area contributed by atoms with Crippen molar-refractivity contribution in [2.24, 2.45) is 11.7 Å². The lowest BCUT2D eigenvalue weighted by Crippen LogP contribution is -2.42. The fourth-order valence-electron chi connectivity index (χ4n) is 4.92. The molecule has 1 aliphatic heterocycles. The number of pyridine rings is 1. The van der Waals surface area contributed by atoms with Crippen LogP contribution in [0.2, 0.25) is 0 Å². The van der Waals surface area contributed by atoms with Crippen molar-refractivity contribution < 1.29 is 9.18 Å². The molecule has 1 aromatic carbocycles. The van der Waals surface area contributed by atoms with Crippen LogP contribution in [0.4, 0.5) is 4.39 Å². The van der Waals surface area contributed by atoms with Gasteiger partial charge in [0.05, 0.1) is 0 Å². The van der Waals surface area contributed by atoms with Gasteiger partial charge < -0.3 is 20.6 Å². The van der Waals surface area contributed by atoms with Gasteiger partial charge in [-0.15, -0.1) is 0 Å². The minimum atomic E-state index is -0.256. The molecule has 1 aliphatic rings. The monoisotopic (exact) mass is 447 g/mol. The maximum atomic E-state index is 13.9. The highest BCUT2D eigenvalue weighted by atomic mass is 19.1. The summed E-state index contributed by atoms with van der Waals surface area (Å²) in [5.74, 6) is 0.114. The Morgan fingerprint density at radius 2 is 2.12 bits per heavy atom. The molecule has 1 fully saturated rings. The topological polar surface area (TPSA) is 88.0 Å². The van der Waals surface area contributed by atoms with Crippen molar-refractivity contribution in [3.8, 4) is 0 Å². The van der Waals surface area contributed by atoms with E-state index in [-0.39, 0.29) is 17.3 Å². The Kier molecular flexibility index (Phi) is 6.31. The predicted octanol–water partition coefficient (Wildman–Crippen LogP) is 4.38. The summed E-state index contributed by atoms with van der Waals surface area (Å²) in [4.78, 5) is 19.6. The van der Waals surface area contributed by atoms with Crippen molar-refractivity contribution in [2.45, 2.75) is 45.2 Å². The molecule has 3 N–H and O–H groups in total. The number of rotatable bonds is 7. The molecule has 0 spiro atoms. The van der Waals surface area contributed by atoms with E-state index in [4.69, 9.17) is 11.1 Å². The van der Waals surface area contributed by atoms with Crippen molar-refractivity contribution in [1.82, 2.24) is 14.5 Å². The van der Waals surface area contributed by atoms with Crippen molar-refractivity contribution in [3.05, 3.63) is 71.9 Å². The van der Waals surface area contributed by atoms with Gasteiger partial charge in [0.2, 0.25) is 5.91 Å². The lowest BCUT2D eigenvalue weighted by molar-refractivity contribution is -0.134. The summed E-state index contributed by atoms with van der Waals surface area (Å²) in [5, 5.41) is 8.47. The summed E-state index contributed by atoms with van der Waals surface area (Å²) in [6, 6.07) is 10.6. The zero-order valence-electron chi connectivity index (χ0n) is 19.1. The van der Waals surface area contributed by atoms with Gasteiger partial charge in [-0.3, -0.25) is 4.79 Å². The van der Waals surface area contributed by atoms with Crippen LogP contribution in [0, 0.1) is 17.1 Å². The zero-order valence-corrected chi connectivity index (χ0v) is 19.1. The van der Waals surface area contributed by atoms with Crippen LogP contribution in [0.3, 0.4) is 0 Å². The number of fused-ring (bicyclic) bond motifs is 1. The first kappa shape index (κ1) is 22.7. The highest BCUT2D eigenvalue weighted by molar-refractivity contribution is 6.08. The molecular weight excluding hydrogens is 417 g/mol. The second-order valence-electron chi connectivity index (χ2n) is 9.35. The fraction of sp³-hybridized carbons (Fsp3) is 0.346. The number of nitrogens with two attached hydrogens (primary N) is 1. The van der Waals surface area contributed by atoms with Crippen LogP contribution in [0.1, 0.15) is 37.8 Å². The zero-order chi connectivity index (χ0) is 23.6. The molecule has 1 atom stereocenters. The van der Waals surface area contributed by atoms with Gasteiger partial charge in [0.25, 0.3) is 0 Å². The predicted molar refractivity (Wildman–Crippen MR) is 129 cm³/mol. The number of amides is 1. The molecule has 6 nitrogen and oxygen atoms in total. The Balaban J connectivity index is 1.44. The Hall–Kier alpha value is -3.48. The second-order valence-corrected chi connectivity index (χ2v) is 9.35. The van der Waals surface area contributed by atoms with Gasteiger partial charge in [0, 0.05) is 66.4 Å². The molecule has 3 heterocycles. The number of halogens is 1. The summed E-state index contributed by atoms with van der Waals surface area (Å²) >= 11 is 0. The molecule has 172 valence electrons. The number of aryl methyl sites for hydroxylation is 1. The van der Waals surface area contributed by atoms with Crippen molar-refractivity contribution in [3.63, 3.8) is 0 Å². The van der Waals surface area contributed by atoms with E-state index in [0.29, 0.717) is 36.4 Å².